The molecule has 0 fully saturated rings. The molecule has 0 unspecified atom stereocenters. The highest BCUT2D eigenvalue weighted by molar-refractivity contribution is 7.17. The van der Waals surface area contributed by atoms with E-state index in [9.17, 15) is 4.79 Å². The van der Waals surface area contributed by atoms with Gasteiger partial charge < -0.3 is 10.2 Å². The van der Waals surface area contributed by atoms with Crippen molar-refractivity contribution in [3.63, 3.8) is 0 Å². The highest BCUT2D eigenvalue weighted by atomic mass is 32.1. The molecule has 0 saturated carbocycles. The average molecular weight is 273 g/mol. The molecule has 1 aromatic carbocycles. The molecular formula is C12H11N5OS. The Hall–Kier alpha value is -2.46. The molecule has 0 spiro atoms. The molecule has 19 heavy (non-hydrogen) atoms. The van der Waals surface area contributed by atoms with Gasteiger partial charge in [-0.1, -0.05) is 11.3 Å². The standard InChI is InChI=1S/C12H11N5OS/c1-14-12-16-15-10(19-12)11(18)17(2)9-5-3-8(7-13)4-6-9/h3-6H,1-2H3,(H,14,16). The van der Waals surface area contributed by atoms with Crippen LogP contribution in [-0.4, -0.2) is 30.2 Å². The number of carbonyl (C=O) groups is 1. The summed E-state index contributed by atoms with van der Waals surface area (Å²) in [5.41, 5.74) is 1.25. The lowest BCUT2D eigenvalue weighted by atomic mass is 10.2. The molecule has 0 aliphatic rings. The molecule has 1 aromatic heterocycles. The van der Waals surface area contributed by atoms with Gasteiger partial charge in [-0.05, 0) is 24.3 Å². The third-order valence-electron chi connectivity index (χ3n) is 2.51. The summed E-state index contributed by atoms with van der Waals surface area (Å²) in [5.74, 6) is -0.233. The number of anilines is 2. The number of nitrogens with one attached hydrogen (secondary N) is 1. The Balaban J connectivity index is 2.20. The maximum atomic E-state index is 12.2. The molecular weight excluding hydrogens is 262 g/mol. The number of nitrogens with zero attached hydrogens (tertiary/aromatic N) is 4. The second-order valence-corrected chi connectivity index (χ2v) is 4.66. The molecule has 0 radical (unpaired) electrons. The van der Waals surface area contributed by atoms with Crippen LogP contribution < -0.4 is 10.2 Å². The molecule has 0 saturated heterocycles. The molecule has 0 aliphatic heterocycles. The average Bonchev–Trinajstić information content (AvgIpc) is 2.94. The first-order chi connectivity index (χ1) is 9.15. The van der Waals surface area contributed by atoms with E-state index in [-0.39, 0.29) is 5.91 Å². The van der Waals surface area contributed by atoms with Crippen molar-refractivity contribution in [1.82, 2.24) is 10.2 Å². The van der Waals surface area contributed by atoms with Gasteiger partial charge in [-0.2, -0.15) is 5.26 Å². The molecule has 1 heterocycles. The van der Waals surface area contributed by atoms with Gasteiger partial charge in [0.2, 0.25) is 10.1 Å². The van der Waals surface area contributed by atoms with Gasteiger partial charge in [0, 0.05) is 19.8 Å². The second-order valence-electron chi connectivity index (χ2n) is 3.69. The van der Waals surface area contributed by atoms with Gasteiger partial charge in [-0.25, -0.2) is 0 Å². The minimum absolute atomic E-state index is 0.233. The monoisotopic (exact) mass is 273 g/mol. The summed E-state index contributed by atoms with van der Waals surface area (Å²) in [6.45, 7) is 0. The Morgan fingerprint density at radius 3 is 2.58 bits per heavy atom. The van der Waals surface area contributed by atoms with Gasteiger partial charge in [0.1, 0.15) is 0 Å². The highest BCUT2D eigenvalue weighted by Gasteiger charge is 2.18. The summed E-state index contributed by atoms with van der Waals surface area (Å²) in [6, 6.07) is 8.80. The van der Waals surface area contributed by atoms with Crippen molar-refractivity contribution in [2.45, 2.75) is 0 Å². The third kappa shape index (κ3) is 2.69. The van der Waals surface area contributed by atoms with E-state index in [2.05, 4.69) is 15.5 Å². The summed E-state index contributed by atoms with van der Waals surface area (Å²) in [6.07, 6.45) is 0. The minimum atomic E-state index is -0.233. The summed E-state index contributed by atoms with van der Waals surface area (Å²) >= 11 is 1.19. The Kier molecular flexibility index (Phi) is 3.73. The van der Waals surface area contributed by atoms with Crippen LogP contribution in [0.4, 0.5) is 10.8 Å². The predicted octanol–water partition coefficient (Wildman–Crippen LogP) is 1.73. The lowest BCUT2D eigenvalue weighted by Gasteiger charge is -2.15. The Morgan fingerprint density at radius 1 is 1.37 bits per heavy atom. The zero-order chi connectivity index (χ0) is 13.8. The van der Waals surface area contributed by atoms with E-state index in [0.29, 0.717) is 21.4 Å². The van der Waals surface area contributed by atoms with Crippen LogP contribution in [0.1, 0.15) is 15.4 Å². The summed E-state index contributed by atoms with van der Waals surface area (Å²) in [5, 5.41) is 20.1. The maximum absolute atomic E-state index is 12.2. The lowest BCUT2D eigenvalue weighted by Crippen LogP contribution is -2.26. The van der Waals surface area contributed by atoms with E-state index in [1.165, 1.54) is 16.2 Å². The van der Waals surface area contributed by atoms with Crippen LogP contribution in [0.5, 0.6) is 0 Å². The third-order valence-corrected chi connectivity index (χ3v) is 3.44. The van der Waals surface area contributed by atoms with E-state index in [0.717, 1.165) is 0 Å². The van der Waals surface area contributed by atoms with Crippen LogP contribution in [0.2, 0.25) is 0 Å². The smallest absolute Gasteiger partial charge is 0.289 e. The fraction of sp³-hybridized carbons (Fsp3) is 0.167. The van der Waals surface area contributed by atoms with Crippen LogP contribution in [0.15, 0.2) is 24.3 Å². The fourth-order valence-corrected chi connectivity index (χ4v) is 2.10. The van der Waals surface area contributed by atoms with Gasteiger partial charge in [0.05, 0.1) is 11.6 Å². The fourth-order valence-electron chi connectivity index (χ4n) is 1.43. The first-order valence-corrected chi connectivity index (χ1v) is 6.27. The number of hydrogen-bond acceptors (Lipinski definition) is 6. The largest absolute Gasteiger partial charge is 0.363 e. The number of aromatic nitrogens is 2. The highest BCUT2D eigenvalue weighted by Crippen LogP contribution is 2.20. The maximum Gasteiger partial charge on any atom is 0.289 e. The van der Waals surface area contributed by atoms with Crippen molar-refractivity contribution in [3.05, 3.63) is 34.8 Å². The van der Waals surface area contributed by atoms with Crippen molar-refractivity contribution < 1.29 is 4.79 Å². The molecule has 0 aliphatic carbocycles. The summed E-state index contributed by atoms with van der Waals surface area (Å²) in [4.78, 5) is 13.6. The van der Waals surface area contributed by atoms with Crippen molar-refractivity contribution in [3.8, 4) is 6.07 Å². The molecule has 7 heteroatoms. The van der Waals surface area contributed by atoms with Gasteiger partial charge in [0.25, 0.3) is 5.91 Å². The first kappa shape index (κ1) is 13.0. The first-order valence-electron chi connectivity index (χ1n) is 5.45. The van der Waals surface area contributed by atoms with E-state index in [1.54, 1.807) is 38.4 Å². The Labute approximate surface area is 114 Å². The van der Waals surface area contributed by atoms with Crippen molar-refractivity contribution >= 4 is 28.1 Å². The summed E-state index contributed by atoms with van der Waals surface area (Å²) in [7, 11) is 3.38. The SMILES string of the molecule is CNc1nnc(C(=O)N(C)c2ccc(C#N)cc2)s1. The van der Waals surface area contributed by atoms with Crippen LogP contribution in [0.3, 0.4) is 0 Å². The Morgan fingerprint density at radius 2 is 2.05 bits per heavy atom. The predicted molar refractivity (Wildman–Crippen MR) is 73.3 cm³/mol. The van der Waals surface area contributed by atoms with Gasteiger partial charge in [-0.15, -0.1) is 10.2 Å². The van der Waals surface area contributed by atoms with E-state index >= 15 is 0 Å². The van der Waals surface area contributed by atoms with Gasteiger partial charge >= 0.3 is 0 Å². The number of carbonyl (C=O) groups excluding carboxylic acids is 1. The van der Waals surface area contributed by atoms with Crippen molar-refractivity contribution in [2.75, 3.05) is 24.3 Å². The molecule has 0 atom stereocenters. The van der Waals surface area contributed by atoms with Crippen molar-refractivity contribution in [2.24, 2.45) is 0 Å². The number of amides is 1. The van der Waals surface area contributed by atoms with Crippen LogP contribution in [0, 0.1) is 11.3 Å². The van der Waals surface area contributed by atoms with Crippen LogP contribution in [-0.2, 0) is 0 Å². The molecule has 1 N–H and O–H groups in total. The molecule has 6 nitrogen and oxygen atoms in total. The molecule has 96 valence electrons. The van der Waals surface area contributed by atoms with Gasteiger partial charge in [0.15, 0.2) is 0 Å². The minimum Gasteiger partial charge on any atom is -0.363 e. The number of nitriles is 1. The lowest BCUT2D eigenvalue weighted by molar-refractivity contribution is 0.0992. The number of rotatable bonds is 3. The van der Waals surface area contributed by atoms with E-state index < -0.39 is 0 Å². The van der Waals surface area contributed by atoms with E-state index in [1.807, 2.05) is 6.07 Å². The molecule has 1 amide bonds. The molecule has 2 rings (SSSR count). The number of benzene rings is 1. The molecule has 0 bridgehead atoms. The van der Waals surface area contributed by atoms with Crippen LogP contribution in [0.25, 0.3) is 0 Å². The summed E-state index contributed by atoms with van der Waals surface area (Å²) < 4.78 is 0. The molecule has 2 aromatic rings. The zero-order valence-electron chi connectivity index (χ0n) is 10.4. The normalized spacial score (nSPS) is 9.74. The quantitative estimate of drug-likeness (QED) is 0.921. The number of hydrogen-bond donors (Lipinski definition) is 1. The Bertz CT molecular complexity index is 628. The van der Waals surface area contributed by atoms with Crippen molar-refractivity contribution in [1.29, 1.82) is 5.26 Å². The second kappa shape index (κ2) is 5.46. The zero-order valence-corrected chi connectivity index (χ0v) is 11.2. The topological polar surface area (TPSA) is 81.9 Å². The van der Waals surface area contributed by atoms with Crippen LogP contribution >= 0.6 is 11.3 Å². The van der Waals surface area contributed by atoms with Gasteiger partial charge in [-0.3, -0.25) is 4.79 Å². The van der Waals surface area contributed by atoms with E-state index in [4.69, 9.17) is 5.26 Å².